The topological polar surface area (TPSA) is 115 Å². The van der Waals surface area contributed by atoms with E-state index in [4.69, 9.17) is 10.5 Å². The standard InChI is InChI=1S/C24H26F2N6O3/c1-15-11-17(32-10-4-7-21(32)33)13-18(12-15)34-14-20-29-23(27)31-24(30-20)28-9-8-16-5-2-3-6-19(16)35-22(25)26/h2-3,5-6,11-13,22H,4,7-10,14H2,1H3,(H3,27,28,29,30,31). The van der Waals surface area contributed by atoms with Gasteiger partial charge in [0.25, 0.3) is 0 Å². The number of alkyl halides is 2. The Morgan fingerprint density at radius 3 is 2.77 bits per heavy atom. The van der Waals surface area contributed by atoms with E-state index in [9.17, 15) is 13.6 Å². The van der Waals surface area contributed by atoms with Gasteiger partial charge in [0.1, 0.15) is 18.1 Å². The van der Waals surface area contributed by atoms with Crippen molar-refractivity contribution < 1.29 is 23.0 Å². The zero-order chi connectivity index (χ0) is 24.8. The minimum atomic E-state index is -2.89. The van der Waals surface area contributed by atoms with E-state index in [0.29, 0.717) is 43.1 Å². The third kappa shape index (κ3) is 6.52. The summed E-state index contributed by atoms with van der Waals surface area (Å²) in [6.45, 7) is 0.140. The lowest BCUT2D eigenvalue weighted by Gasteiger charge is -2.18. The van der Waals surface area contributed by atoms with Gasteiger partial charge in [0.05, 0.1) is 0 Å². The molecule has 9 nitrogen and oxygen atoms in total. The first-order valence-electron chi connectivity index (χ1n) is 11.2. The molecule has 0 aliphatic carbocycles. The molecule has 1 saturated heterocycles. The number of hydrogen-bond donors (Lipinski definition) is 2. The third-order valence-corrected chi connectivity index (χ3v) is 5.35. The summed E-state index contributed by atoms with van der Waals surface area (Å²) in [6.07, 6.45) is 1.80. The van der Waals surface area contributed by atoms with Crippen molar-refractivity contribution in [1.82, 2.24) is 15.0 Å². The molecular weight excluding hydrogens is 458 g/mol. The molecule has 184 valence electrons. The molecule has 0 unspecified atom stereocenters. The number of carbonyl (C=O) groups excluding carboxylic acids is 1. The number of aromatic nitrogens is 3. The smallest absolute Gasteiger partial charge is 0.387 e. The van der Waals surface area contributed by atoms with E-state index in [1.54, 1.807) is 23.1 Å². The summed E-state index contributed by atoms with van der Waals surface area (Å²) in [7, 11) is 0. The summed E-state index contributed by atoms with van der Waals surface area (Å²) in [5, 5.41) is 3.03. The van der Waals surface area contributed by atoms with Crippen LogP contribution in [0.3, 0.4) is 0 Å². The minimum absolute atomic E-state index is 0.0233. The molecule has 1 aliphatic rings. The Morgan fingerprint density at radius 2 is 2.00 bits per heavy atom. The molecule has 0 spiro atoms. The van der Waals surface area contributed by atoms with Crippen molar-refractivity contribution in [2.24, 2.45) is 0 Å². The second-order valence-corrected chi connectivity index (χ2v) is 8.04. The van der Waals surface area contributed by atoms with Gasteiger partial charge in [-0.2, -0.15) is 23.7 Å². The Morgan fingerprint density at radius 1 is 1.17 bits per heavy atom. The van der Waals surface area contributed by atoms with Crippen molar-refractivity contribution in [1.29, 1.82) is 0 Å². The maximum Gasteiger partial charge on any atom is 0.387 e. The van der Waals surface area contributed by atoms with Gasteiger partial charge in [0.15, 0.2) is 5.82 Å². The summed E-state index contributed by atoms with van der Waals surface area (Å²) < 4.78 is 35.6. The summed E-state index contributed by atoms with van der Waals surface area (Å²) >= 11 is 0. The van der Waals surface area contributed by atoms with Crippen LogP contribution in [0, 0.1) is 6.92 Å². The summed E-state index contributed by atoms with van der Waals surface area (Å²) in [5.41, 5.74) is 8.22. The highest BCUT2D eigenvalue weighted by atomic mass is 19.3. The van der Waals surface area contributed by atoms with Crippen LogP contribution in [0.5, 0.6) is 11.5 Å². The van der Waals surface area contributed by atoms with E-state index < -0.39 is 6.61 Å². The zero-order valence-corrected chi connectivity index (χ0v) is 19.2. The molecule has 1 amide bonds. The van der Waals surface area contributed by atoms with Gasteiger partial charge in [-0.3, -0.25) is 4.79 Å². The highest BCUT2D eigenvalue weighted by molar-refractivity contribution is 5.95. The van der Waals surface area contributed by atoms with Gasteiger partial charge in [-0.05, 0) is 49.1 Å². The Hall–Kier alpha value is -4.02. The van der Waals surface area contributed by atoms with Crippen LogP contribution in [0.4, 0.5) is 26.4 Å². The van der Waals surface area contributed by atoms with E-state index >= 15 is 0 Å². The number of carbonyl (C=O) groups is 1. The molecule has 0 radical (unpaired) electrons. The van der Waals surface area contributed by atoms with Crippen LogP contribution >= 0.6 is 0 Å². The number of amides is 1. The van der Waals surface area contributed by atoms with Gasteiger partial charge >= 0.3 is 6.61 Å². The van der Waals surface area contributed by atoms with Gasteiger partial charge in [-0.1, -0.05) is 18.2 Å². The van der Waals surface area contributed by atoms with Gasteiger partial charge in [-0.25, -0.2) is 0 Å². The fourth-order valence-electron chi connectivity index (χ4n) is 3.85. The number of ether oxygens (including phenoxy) is 2. The second-order valence-electron chi connectivity index (χ2n) is 8.04. The molecule has 3 aromatic rings. The number of halogens is 2. The van der Waals surface area contributed by atoms with Crippen LogP contribution in [0.1, 0.15) is 29.8 Å². The molecule has 1 fully saturated rings. The van der Waals surface area contributed by atoms with E-state index in [-0.39, 0.29) is 30.2 Å². The van der Waals surface area contributed by atoms with Crippen LogP contribution in [-0.4, -0.2) is 40.6 Å². The number of nitrogens with zero attached hydrogens (tertiary/aromatic N) is 4. The fraction of sp³-hybridized carbons (Fsp3) is 0.333. The molecule has 1 aliphatic heterocycles. The lowest BCUT2D eigenvalue weighted by molar-refractivity contribution is -0.117. The van der Waals surface area contributed by atoms with Crippen LogP contribution in [-0.2, 0) is 17.8 Å². The van der Waals surface area contributed by atoms with Crippen LogP contribution in [0.2, 0.25) is 0 Å². The normalized spacial score (nSPS) is 13.4. The predicted molar refractivity (Wildman–Crippen MR) is 127 cm³/mol. The van der Waals surface area contributed by atoms with E-state index in [2.05, 4.69) is 25.0 Å². The van der Waals surface area contributed by atoms with Crippen molar-refractivity contribution in [3.63, 3.8) is 0 Å². The molecule has 35 heavy (non-hydrogen) atoms. The fourth-order valence-corrected chi connectivity index (χ4v) is 3.85. The highest BCUT2D eigenvalue weighted by Gasteiger charge is 2.22. The molecule has 0 atom stereocenters. The first kappa shape index (κ1) is 24.1. The molecule has 3 N–H and O–H groups in total. The summed E-state index contributed by atoms with van der Waals surface area (Å²) in [6, 6.07) is 12.2. The first-order valence-corrected chi connectivity index (χ1v) is 11.2. The van der Waals surface area contributed by atoms with E-state index in [1.165, 1.54) is 6.07 Å². The van der Waals surface area contributed by atoms with Gasteiger partial charge in [-0.15, -0.1) is 0 Å². The van der Waals surface area contributed by atoms with Crippen LogP contribution in [0.25, 0.3) is 0 Å². The number of rotatable bonds is 10. The second kappa shape index (κ2) is 10.9. The molecule has 11 heteroatoms. The molecule has 2 aromatic carbocycles. The maximum absolute atomic E-state index is 12.6. The predicted octanol–water partition coefficient (Wildman–Crippen LogP) is 3.72. The molecule has 4 rings (SSSR count). The third-order valence-electron chi connectivity index (χ3n) is 5.35. The molecule has 0 bridgehead atoms. The Balaban J connectivity index is 1.38. The number of nitrogen functional groups attached to an aromatic ring is 1. The lowest BCUT2D eigenvalue weighted by atomic mass is 10.1. The average Bonchev–Trinajstić information content (AvgIpc) is 3.24. The van der Waals surface area contributed by atoms with Crippen molar-refractivity contribution in [3.05, 3.63) is 59.4 Å². The van der Waals surface area contributed by atoms with E-state index in [0.717, 1.165) is 17.7 Å². The molecule has 0 saturated carbocycles. The van der Waals surface area contributed by atoms with Gasteiger partial charge in [0, 0.05) is 31.3 Å². The molecule has 2 heterocycles. The minimum Gasteiger partial charge on any atom is -0.486 e. The SMILES string of the molecule is Cc1cc(OCc2nc(N)nc(NCCc3ccccc3OC(F)F)n2)cc(N2CCCC2=O)c1. The Kier molecular flexibility index (Phi) is 7.54. The van der Waals surface area contributed by atoms with Gasteiger partial charge < -0.3 is 25.4 Å². The number of hydrogen-bond acceptors (Lipinski definition) is 8. The van der Waals surface area contributed by atoms with E-state index in [1.807, 2.05) is 25.1 Å². The van der Waals surface area contributed by atoms with Crippen LogP contribution < -0.4 is 25.4 Å². The highest BCUT2D eigenvalue weighted by Crippen LogP contribution is 2.28. The number of nitrogens with one attached hydrogen (secondary N) is 1. The summed E-state index contributed by atoms with van der Waals surface area (Å²) in [5.74, 6) is 1.41. The monoisotopic (exact) mass is 484 g/mol. The number of anilines is 3. The Bertz CT molecular complexity index is 1190. The lowest BCUT2D eigenvalue weighted by Crippen LogP contribution is -2.23. The van der Waals surface area contributed by atoms with Gasteiger partial charge in [0.2, 0.25) is 17.8 Å². The summed E-state index contributed by atoms with van der Waals surface area (Å²) in [4.78, 5) is 26.4. The van der Waals surface area contributed by atoms with Crippen molar-refractivity contribution in [2.75, 3.05) is 29.0 Å². The zero-order valence-electron chi connectivity index (χ0n) is 19.2. The van der Waals surface area contributed by atoms with Crippen molar-refractivity contribution >= 4 is 23.5 Å². The molecular formula is C24H26F2N6O3. The molecule has 1 aromatic heterocycles. The number of para-hydroxylation sites is 1. The average molecular weight is 485 g/mol. The quantitative estimate of drug-likeness (QED) is 0.447. The first-order chi connectivity index (χ1) is 16.9. The van der Waals surface area contributed by atoms with Crippen molar-refractivity contribution in [2.45, 2.75) is 39.4 Å². The number of aryl methyl sites for hydroxylation is 1. The Labute approximate surface area is 201 Å². The number of nitrogens with two attached hydrogens (primary N) is 1. The maximum atomic E-state index is 12.6. The number of benzene rings is 2. The van der Waals surface area contributed by atoms with Crippen molar-refractivity contribution in [3.8, 4) is 11.5 Å². The van der Waals surface area contributed by atoms with Crippen LogP contribution in [0.15, 0.2) is 42.5 Å². The largest absolute Gasteiger partial charge is 0.486 e.